The summed E-state index contributed by atoms with van der Waals surface area (Å²) in [6, 6.07) is 0. The topological polar surface area (TPSA) is 55.6 Å². The van der Waals surface area contributed by atoms with E-state index in [-0.39, 0.29) is 5.91 Å². The summed E-state index contributed by atoms with van der Waals surface area (Å²) < 4.78 is 4.92. The zero-order valence-corrected chi connectivity index (χ0v) is 5.52. The number of carbonyl (C=O) groups excluding carboxylic acids is 1. The Balaban J connectivity index is 2.43. The molecule has 0 unspecified atom stereocenters. The normalized spacial score (nSPS) is 32.1. The van der Waals surface area contributed by atoms with Gasteiger partial charge in [-0.2, -0.15) is 0 Å². The number of amides is 1. The van der Waals surface area contributed by atoms with E-state index in [9.17, 15) is 4.79 Å². The molecule has 1 aliphatic rings. The van der Waals surface area contributed by atoms with Crippen LogP contribution in [0.25, 0.3) is 0 Å². The molecule has 52 valence electrons. The summed E-state index contributed by atoms with van der Waals surface area (Å²) in [5.74, 6) is -0.315. The summed E-state index contributed by atoms with van der Waals surface area (Å²) in [6.07, 6.45) is 1.71. The molecule has 0 aromatic rings. The molecule has 0 spiro atoms. The summed E-state index contributed by atoms with van der Waals surface area (Å²) >= 11 is 0. The highest BCUT2D eigenvalue weighted by Gasteiger charge is 2.49. The van der Waals surface area contributed by atoms with E-state index >= 15 is 0 Å². The molecule has 0 saturated carbocycles. The average Bonchev–Trinajstić information content (AvgIpc) is 2.49. The van der Waals surface area contributed by atoms with Crippen molar-refractivity contribution in [3.8, 4) is 0 Å². The Kier molecular flexibility index (Phi) is 1.45. The van der Waals surface area contributed by atoms with Crippen LogP contribution >= 0.6 is 0 Å². The van der Waals surface area contributed by atoms with E-state index in [4.69, 9.17) is 10.5 Å². The molecule has 1 amide bonds. The van der Waals surface area contributed by atoms with Gasteiger partial charge >= 0.3 is 0 Å². The zero-order valence-electron chi connectivity index (χ0n) is 5.52. The van der Waals surface area contributed by atoms with E-state index in [1.807, 2.05) is 6.92 Å². The van der Waals surface area contributed by atoms with Crippen LogP contribution in [0.3, 0.4) is 0 Å². The summed E-state index contributed by atoms with van der Waals surface area (Å²) in [7, 11) is 0. The van der Waals surface area contributed by atoms with Crippen LogP contribution in [-0.2, 0) is 9.53 Å². The maximum absolute atomic E-state index is 10.6. The maximum Gasteiger partial charge on any atom is 0.252 e. The van der Waals surface area contributed by atoms with Gasteiger partial charge in [-0.1, -0.05) is 13.3 Å². The van der Waals surface area contributed by atoms with Crippen LogP contribution in [0.5, 0.6) is 0 Å². The van der Waals surface area contributed by atoms with Gasteiger partial charge in [0.15, 0.2) is 5.60 Å². The lowest BCUT2D eigenvalue weighted by molar-refractivity contribution is -0.123. The van der Waals surface area contributed by atoms with Crippen LogP contribution in [0.1, 0.15) is 19.8 Å². The Morgan fingerprint density at radius 3 is 2.56 bits per heavy atom. The van der Waals surface area contributed by atoms with Crippen molar-refractivity contribution >= 4 is 5.91 Å². The number of ether oxygens (including phenoxy) is 1. The largest absolute Gasteiger partial charge is 0.367 e. The van der Waals surface area contributed by atoms with Crippen molar-refractivity contribution in [1.29, 1.82) is 0 Å². The molecule has 3 heteroatoms. The zero-order chi connectivity index (χ0) is 6.91. The highest BCUT2D eigenvalue weighted by atomic mass is 16.6. The van der Waals surface area contributed by atoms with Gasteiger partial charge in [0, 0.05) is 0 Å². The number of rotatable bonds is 3. The first-order valence-corrected chi connectivity index (χ1v) is 3.15. The average molecular weight is 129 g/mol. The minimum atomic E-state index is -0.561. The molecule has 1 saturated heterocycles. The fourth-order valence-corrected chi connectivity index (χ4v) is 0.901. The van der Waals surface area contributed by atoms with Crippen LogP contribution in [0.4, 0.5) is 0 Å². The van der Waals surface area contributed by atoms with E-state index < -0.39 is 5.60 Å². The molecule has 2 N–H and O–H groups in total. The van der Waals surface area contributed by atoms with Crippen LogP contribution in [-0.4, -0.2) is 18.1 Å². The number of hydrogen-bond acceptors (Lipinski definition) is 2. The van der Waals surface area contributed by atoms with E-state index in [1.165, 1.54) is 0 Å². The summed E-state index contributed by atoms with van der Waals surface area (Å²) in [6.45, 7) is 2.53. The van der Waals surface area contributed by atoms with Crippen molar-refractivity contribution in [3.05, 3.63) is 0 Å². The molecular formula is C6H11NO2. The second-order valence-electron chi connectivity index (χ2n) is 2.40. The van der Waals surface area contributed by atoms with Crippen molar-refractivity contribution in [2.24, 2.45) is 5.73 Å². The van der Waals surface area contributed by atoms with Crippen molar-refractivity contribution in [2.75, 3.05) is 6.61 Å². The minimum absolute atomic E-state index is 0.315. The summed E-state index contributed by atoms with van der Waals surface area (Å²) in [5, 5.41) is 0. The minimum Gasteiger partial charge on any atom is -0.367 e. The summed E-state index contributed by atoms with van der Waals surface area (Å²) in [5.41, 5.74) is 4.49. The first kappa shape index (κ1) is 6.55. The molecule has 3 nitrogen and oxygen atoms in total. The van der Waals surface area contributed by atoms with Gasteiger partial charge in [0.1, 0.15) is 0 Å². The quantitative estimate of drug-likeness (QED) is 0.547. The second kappa shape index (κ2) is 1.99. The lowest BCUT2D eigenvalue weighted by Crippen LogP contribution is -2.31. The number of primary amides is 1. The lowest BCUT2D eigenvalue weighted by atomic mass is 10.1. The van der Waals surface area contributed by atoms with Gasteiger partial charge in [0.05, 0.1) is 6.61 Å². The fraction of sp³-hybridized carbons (Fsp3) is 0.833. The molecule has 1 aliphatic heterocycles. The fourth-order valence-electron chi connectivity index (χ4n) is 0.901. The standard InChI is InChI=1S/C6H11NO2/c1-2-3-6(4-9-6)5(7)8/h2-4H2,1H3,(H2,7,8)/t6-/m0/s1. The maximum atomic E-state index is 10.6. The van der Waals surface area contributed by atoms with E-state index in [0.717, 1.165) is 12.8 Å². The Morgan fingerprint density at radius 1 is 1.89 bits per heavy atom. The Bertz CT molecular complexity index is 129. The van der Waals surface area contributed by atoms with Crippen LogP contribution in [0.2, 0.25) is 0 Å². The first-order valence-electron chi connectivity index (χ1n) is 3.15. The van der Waals surface area contributed by atoms with Crippen molar-refractivity contribution < 1.29 is 9.53 Å². The van der Waals surface area contributed by atoms with Crippen LogP contribution in [0.15, 0.2) is 0 Å². The van der Waals surface area contributed by atoms with Gasteiger partial charge in [0.25, 0.3) is 5.91 Å². The second-order valence-corrected chi connectivity index (χ2v) is 2.40. The predicted octanol–water partition coefficient (Wildman–Crippen LogP) is 0.0408. The third-order valence-corrected chi connectivity index (χ3v) is 1.60. The molecule has 0 bridgehead atoms. The Morgan fingerprint density at radius 2 is 2.44 bits per heavy atom. The molecule has 0 aromatic carbocycles. The summed E-state index contributed by atoms with van der Waals surface area (Å²) in [4.78, 5) is 10.6. The number of carbonyl (C=O) groups is 1. The third-order valence-electron chi connectivity index (χ3n) is 1.60. The lowest BCUT2D eigenvalue weighted by Gasteiger charge is -2.02. The molecular weight excluding hydrogens is 118 g/mol. The molecule has 1 rings (SSSR count). The highest BCUT2D eigenvalue weighted by molar-refractivity contribution is 5.85. The molecule has 1 fully saturated rings. The number of nitrogens with two attached hydrogens (primary N) is 1. The predicted molar refractivity (Wildman–Crippen MR) is 32.8 cm³/mol. The molecule has 9 heavy (non-hydrogen) atoms. The van der Waals surface area contributed by atoms with Gasteiger partial charge in [-0.3, -0.25) is 4.79 Å². The molecule has 1 atom stereocenters. The Hall–Kier alpha value is -0.570. The van der Waals surface area contributed by atoms with Crippen LogP contribution in [0, 0.1) is 0 Å². The highest BCUT2D eigenvalue weighted by Crippen LogP contribution is 2.31. The number of hydrogen-bond donors (Lipinski definition) is 1. The number of epoxide rings is 1. The molecule has 0 aliphatic carbocycles. The van der Waals surface area contributed by atoms with Gasteiger partial charge in [-0.25, -0.2) is 0 Å². The van der Waals surface area contributed by atoms with Crippen molar-refractivity contribution in [1.82, 2.24) is 0 Å². The smallest absolute Gasteiger partial charge is 0.252 e. The monoisotopic (exact) mass is 129 g/mol. The molecule has 0 aromatic heterocycles. The van der Waals surface area contributed by atoms with Gasteiger partial charge in [-0.15, -0.1) is 0 Å². The SMILES string of the molecule is CCC[C@@]1(C(N)=O)CO1. The van der Waals surface area contributed by atoms with Gasteiger partial charge in [0.2, 0.25) is 0 Å². The third kappa shape index (κ3) is 1.05. The van der Waals surface area contributed by atoms with E-state index in [1.54, 1.807) is 0 Å². The van der Waals surface area contributed by atoms with E-state index in [2.05, 4.69) is 0 Å². The van der Waals surface area contributed by atoms with Gasteiger partial charge < -0.3 is 10.5 Å². The van der Waals surface area contributed by atoms with Gasteiger partial charge in [-0.05, 0) is 6.42 Å². The van der Waals surface area contributed by atoms with Crippen molar-refractivity contribution in [3.63, 3.8) is 0 Å². The van der Waals surface area contributed by atoms with Crippen molar-refractivity contribution in [2.45, 2.75) is 25.4 Å². The van der Waals surface area contributed by atoms with Crippen LogP contribution < -0.4 is 5.73 Å². The Labute approximate surface area is 54.2 Å². The molecule has 1 heterocycles. The van der Waals surface area contributed by atoms with E-state index in [0.29, 0.717) is 6.61 Å². The first-order chi connectivity index (χ1) is 4.21. The molecule has 0 radical (unpaired) electrons.